The monoisotopic (exact) mass is 772 g/mol. The van der Waals surface area contributed by atoms with E-state index in [0.717, 1.165) is 90.1 Å². The Morgan fingerprint density at radius 1 is 0.500 bits per heavy atom. The molecule has 2 aliphatic rings. The Morgan fingerprint density at radius 2 is 1.15 bits per heavy atom. The minimum atomic E-state index is -0.255. The van der Waals surface area contributed by atoms with Gasteiger partial charge in [0.15, 0.2) is 0 Å². The van der Waals surface area contributed by atoms with Crippen LogP contribution in [0.3, 0.4) is 0 Å². The molecule has 284 valence electrons. The molecule has 10 aromatic rings. The van der Waals surface area contributed by atoms with E-state index >= 15 is 0 Å². The molecule has 0 saturated carbocycles. The van der Waals surface area contributed by atoms with Gasteiger partial charge >= 0.3 is 7.12 Å². The molecule has 0 bridgehead atoms. The van der Waals surface area contributed by atoms with Crippen molar-refractivity contribution in [1.29, 1.82) is 0 Å². The third-order valence-electron chi connectivity index (χ3n) is 12.2. The van der Waals surface area contributed by atoms with E-state index in [4.69, 9.17) is 14.7 Å². The predicted molar refractivity (Wildman–Crippen MR) is 245 cm³/mol. The van der Waals surface area contributed by atoms with Crippen molar-refractivity contribution in [2.45, 2.75) is 13.8 Å². The second-order valence-corrected chi connectivity index (χ2v) is 15.6. The van der Waals surface area contributed by atoms with Gasteiger partial charge in [0.05, 0.1) is 22.4 Å². The highest BCUT2D eigenvalue weighted by Gasteiger charge is 2.50. The highest BCUT2D eigenvalue weighted by Crippen LogP contribution is 2.55. The number of imidazole rings is 1. The second-order valence-electron chi connectivity index (χ2n) is 15.6. The van der Waals surface area contributed by atoms with Crippen LogP contribution in [0, 0.1) is 13.8 Å². The number of benzene rings is 7. The summed E-state index contributed by atoms with van der Waals surface area (Å²) in [5.41, 5.74) is 14.6. The molecule has 0 N–H and O–H groups in total. The lowest BCUT2D eigenvalue weighted by Gasteiger charge is -2.36. The predicted octanol–water partition coefficient (Wildman–Crippen LogP) is 12.9. The number of hydrogen-bond acceptors (Lipinski definition) is 5. The third-order valence-corrected chi connectivity index (χ3v) is 12.2. The molecule has 0 spiro atoms. The Morgan fingerprint density at radius 3 is 1.90 bits per heavy atom. The molecule has 0 fully saturated rings. The molecule has 0 aliphatic carbocycles. The van der Waals surface area contributed by atoms with Crippen LogP contribution in [0.25, 0.3) is 61.3 Å². The maximum absolute atomic E-state index is 6.77. The summed E-state index contributed by atoms with van der Waals surface area (Å²) in [5, 5.41) is 2.33. The van der Waals surface area contributed by atoms with Gasteiger partial charge in [-0.3, -0.25) is 4.57 Å². The smallest absolute Gasteiger partial charge is 0.457 e. The summed E-state index contributed by atoms with van der Waals surface area (Å²) in [6.45, 7) is 4.23. The minimum Gasteiger partial charge on any atom is -0.457 e. The molecule has 7 aromatic carbocycles. The first-order chi connectivity index (χ1) is 29.6. The van der Waals surface area contributed by atoms with Crippen LogP contribution in [0.4, 0.5) is 22.7 Å². The van der Waals surface area contributed by atoms with E-state index in [1.54, 1.807) is 0 Å². The normalized spacial score (nSPS) is 12.7. The van der Waals surface area contributed by atoms with E-state index in [9.17, 15) is 0 Å². The molecule has 0 radical (unpaired) electrons. The summed E-state index contributed by atoms with van der Waals surface area (Å²) < 4.78 is 11.3. The zero-order valence-corrected chi connectivity index (χ0v) is 33.1. The van der Waals surface area contributed by atoms with Gasteiger partial charge in [-0.05, 0) is 90.7 Å². The first-order valence-electron chi connectivity index (χ1n) is 20.3. The molecule has 12 rings (SSSR count). The average molecular weight is 773 g/mol. The maximum Gasteiger partial charge on any atom is 0.519 e. The van der Waals surface area contributed by atoms with Gasteiger partial charge in [-0.25, -0.2) is 9.97 Å². The van der Waals surface area contributed by atoms with Gasteiger partial charge in [-0.2, -0.15) is 0 Å². The van der Waals surface area contributed by atoms with Gasteiger partial charge < -0.3 is 18.8 Å². The van der Waals surface area contributed by atoms with Gasteiger partial charge in [-0.15, -0.1) is 0 Å². The Hall–Kier alpha value is -7.84. The molecule has 5 heterocycles. The van der Waals surface area contributed by atoms with Gasteiger partial charge in [0.2, 0.25) is 0 Å². The van der Waals surface area contributed by atoms with Crippen molar-refractivity contribution in [3.8, 4) is 51.0 Å². The molecule has 0 saturated heterocycles. The van der Waals surface area contributed by atoms with Crippen LogP contribution >= 0.6 is 0 Å². The summed E-state index contributed by atoms with van der Waals surface area (Å²) in [5.74, 6) is 3.25. The van der Waals surface area contributed by atoms with Crippen molar-refractivity contribution in [1.82, 2.24) is 19.0 Å². The van der Waals surface area contributed by atoms with Crippen molar-refractivity contribution in [3.05, 3.63) is 200 Å². The van der Waals surface area contributed by atoms with Gasteiger partial charge in [0.1, 0.15) is 23.1 Å². The fourth-order valence-electron chi connectivity index (χ4n) is 9.28. The van der Waals surface area contributed by atoms with E-state index in [1.165, 1.54) is 16.5 Å². The van der Waals surface area contributed by atoms with E-state index in [2.05, 4.69) is 209 Å². The molecule has 3 aromatic heterocycles. The Balaban J connectivity index is 0.990. The number of pyridine rings is 1. The molecular weight excluding hydrogens is 735 g/mol. The van der Waals surface area contributed by atoms with Crippen LogP contribution in [0.1, 0.15) is 11.1 Å². The molecule has 2 aliphatic heterocycles. The number of ether oxygens (including phenoxy) is 1. The zero-order valence-electron chi connectivity index (χ0n) is 33.1. The van der Waals surface area contributed by atoms with Crippen LogP contribution in [-0.4, -0.2) is 26.1 Å². The maximum atomic E-state index is 6.77. The number of rotatable bonds is 6. The largest absolute Gasteiger partial charge is 0.519 e. The third kappa shape index (κ3) is 5.17. The van der Waals surface area contributed by atoms with E-state index < -0.39 is 0 Å². The van der Waals surface area contributed by atoms with Crippen LogP contribution in [0.15, 0.2) is 188 Å². The topological polar surface area (TPSA) is 51.4 Å². The van der Waals surface area contributed by atoms with E-state index in [-0.39, 0.29) is 7.12 Å². The summed E-state index contributed by atoms with van der Waals surface area (Å²) in [7, 11) is -0.255. The fraction of sp³-hybridized carbons (Fsp3) is 0.0385. The molecule has 0 amide bonds. The highest BCUT2D eigenvalue weighted by atomic mass is 16.5. The van der Waals surface area contributed by atoms with E-state index in [0.29, 0.717) is 0 Å². The minimum absolute atomic E-state index is 0.255. The van der Waals surface area contributed by atoms with Crippen LogP contribution in [0.2, 0.25) is 0 Å². The molecule has 60 heavy (non-hydrogen) atoms. The molecule has 0 unspecified atom stereocenters. The number of nitrogens with zero attached hydrogens (tertiary/aromatic N) is 6. The van der Waals surface area contributed by atoms with Gasteiger partial charge in [-0.1, -0.05) is 109 Å². The van der Waals surface area contributed by atoms with Crippen molar-refractivity contribution in [2.75, 3.05) is 9.62 Å². The van der Waals surface area contributed by atoms with Crippen LogP contribution < -0.4 is 14.4 Å². The van der Waals surface area contributed by atoms with Crippen LogP contribution in [-0.2, 0) is 0 Å². The lowest BCUT2D eigenvalue weighted by Crippen LogP contribution is -2.52. The summed E-state index contributed by atoms with van der Waals surface area (Å²) in [6.07, 6.45) is 5.96. The number of fused-ring (bicyclic) bond motifs is 11. The lowest BCUT2D eigenvalue weighted by atomic mass is 9.80. The molecular formula is C52H37BN6O. The van der Waals surface area contributed by atoms with Gasteiger partial charge in [0.25, 0.3) is 0 Å². The van der Waals surface area contributed by atoms with Crippen LogP contribution in [0.5, 0.6) is 11.5 Å². The summed E-state index contributed by atoms with van der Waals surface area (Å²) >= 11 is 0. The van der Waals surface area contributed by atoms with Crippen molar-refractivity contribution in [3.63, 3.8) is 0 Å². The highest BCUT2D eigenvalue weighted by molar-refractivity contribution is 6.73. The molecule has 0 atom stereocenters. The second kappa shape index (κ2) is 13.4. The first kappa shape index (κ1) is 34.2. The Kier molecular flexibility index (Phi) is 7.62. The number of aromatic nitrogens is 4. The number of aryl methyl sites for hydroxylation is 2. The number of anilines is 4. The number of para-hydroxylation sites is 4. The molecule has 8 heteroatoms. The summed E-state index contributed by atoms with van der Waals surface area (Å²) in [4.78, 5) is 14.8. The van der Waals surface area contributed by atoms with Crippen molar-refractivity contribution >= 4 is 51.7 Å². The fourth-order valence-corrected chi connectivity index (χ4v) is 9.28. The van der Waals surface area contributed by atoms with E-state index in [1.807, 2.05) is 12.4 Å². The number of hydrogen-bond donors (Lipinski definition) is 0. The van der Waals surface area contributed by atoms with Crippen molar-refractivity contribution in [2.24, 2.45) is 0 Å². The zero-order chi connectivity index (χ0) is 39.9. The van der Waals surface area contributed by atoms with Gasteiger partial charge in [0, 0.05) is 63.5 Å². The molecule has 7 nitrogen and oxygen atoms in total. The Labute approximate surface area is 348 Å². The Bertz CT molecular complexity index is 3240. The quantitative estimate of drug-likeness (QED) is 0.158. The SMILES string of the molecule is Cc1cnc(-n2c3ccccc3c3ccc(Oc4ccc5c(c4)-c4nccn4B4N5c5ccccc5N4c4c(-c5ccccc5)cccc4-c4ccccc4)cc32)cc1C. The first-order valence-corrected chi connectivity index (χ1v) is 20.3. The summed E-state index contributed by atoms with van der Waals surface area (Å²) in [6, 6.07) is 60.2. The average Bonchev–Trinajstić information content (AvgIpc) is 4.01. The lowest BCUT2D eigenvalue weighted by molar-refractivity contribution is 0.483. The standard InChI is InChI=1S/C52H37BN6O/c1-34-30-50(55-33-35(34)2)57-45-21-10-9-18-42(45)43-26-24-39(32-49(43)57)60-38-25-27-46-44(31-38)52-54-28-29-56(52)53-58(46)47-22-11-12-23-48(47)59(53)51-40(36-14-5-3-6-15-36)19-13-20-41(51)37-16-7-4-8-17-37/h3-33H,1-2H3. The van der Waals surface area contributed by atoms with Crippen molar-refractivity contribution < 1.29 is 4.74 Å².